The minimum Gasteiger partial charge on any atom is -0.462 e. The Morgan fingerprint density at radius 3 is 0.800 bits per heavy atom. The molecule has 1 atom stereocenters. The van der Waals surface area contributed by atoms with Crippen molar-refractivity contribution in [3.05, 3.63) is 24.3 Å². The molecule has 0 aromatic carbocycles. The Bertz CT molecular complexity index is 1050. The van der Waals surface area contributed by atoms with Crippen molar-refractivity contribution in [2.24, 2.45) is 0 Å². The molecule has 0 saturated heterocycles. The van der Waals surface area contributed by atoms with Gasteiger partial charge in [0.05, 0.1) is 0 Å². The van der Waals surface area contributed by atoms with E-state index < -0.39 is 6.10 Å². The maximum atomic E-state index is 12.8. The van der Waals surface area contributed by atoms with Gasteiger partial charge in [-0.05, 0) is 70.6 Å². The second-order valence-electron chi connectivity index (χ2n) is 19.6. The highest BCUT2D eigenvalue weighted by Gasteiger charge is 2.19. The Balaban J connectivity index is 4.05. The molecule has 382 valence electrons. The molecule has 6 nitrogen and oxygen atoms in total. The zero-order chi connectivity index (χ0) is 47.2. The lowest BCUT2D eigenvalue weighted by Gasteiger charge is -2.18. The van der Waals surface area contributed by atoms with Gasteiger partial charge in [0, 0.05) is 19.3 Å². The zero-order valence-corrected chi connectivity index (χ0v) is 43.8. The van der Waals surface area contributed by atoms with Crippen molar-refractivity contribution < 1.29 is 28.6 Å². The largest absolute Gasteiger partial charge is 0.462 e. The number of ether oxygens (including phenoxy) is 3. The average Bonchev–Trinajstić information content (AvgIpc) is 3.30. The highest BCUT2D eigenvalue weighted by Crippen LogP contribution is 2.17. The van der Waals surface area contributed by atoms with Crippen molar-refractivity contribution in [2.45, 2.75) is 322 Å². The molecule has 6 heteroatoms. The maximum absolute atomic E-state index is 12.8. The minimum atomic E-state index is -0.769. The standard InChI is InChI=1S/C59H110O6/c1-4-7-10-13-16-19-21-23-24-25-26-27-28-29-30-31-32-33-34-35-36-37-39-40-43-46-49-52-58(61)64-55-56(54-63-57(60)51-48-45-42-18-15-12-9-6-3)65-59(62)53-50-47-44-41-38-22-20-17-14-11-8-5-2/h17,20,25-26,56H,4-16,18-19,21-24,27-55H2,1-3H3/b20-17-,26-25-. The SMILES string of the molecule is CCCCC/C=C\CCCCCCCC(=O)OC(COC(=O)CCCCCCCCCC)COC(=O)CCCCCCCCCCCCCCCCC/C=C\CCCCCCCCCC. The molecule has 0 heterocycles. The topological polar surface area (TPSA) is 78.9 Å². The van der Waals surface area contributed by atoms with Gasteiger partial charge < -0.3 is 14.2 Å². The molecule has 0 spiro atoms. The van der Waals surface area contributed by atoms with Gasteiger partial charge >= 0.3 is 17.9 Å². The van der Waals surface area contributed by atoms with Crippen molar-refractivity contribution in [3.63, 3.8) is 0 Å². The molecule has 0 aromatic heterocycles. The van der Waals surface area contributed by atoms with E-state index in [4.69, 9.17) is 14.2 Å². The van der Waals surface area contributed by atoms with Crippen molar-refractivity contribution in [1.82, 2.24) is 0 Å². The van der Waals surface area contributed by atoms with Gasteiger partial charge in [-0.1, -0.05) is 251 Å². The first-order valence-electron chi connectivity index (χ1n) is 28.8. The molecule has 0 saturated carbocycles. The van der Waals surface area contributed by atoms with Gasteiger partial charge in [0.25, 0.3) is 0 Å². The molecule has 0 rings (SSSR count). The molecule has 0 aliphatic heterocycles. The van der Waals surface area contributed by atoms with Crippen LogP contribution in [0.2, 0.25) is 0 Å². The fraction of sp³-hybridized carbons (Fsp3) is 0.881. The summed E-state index contributed by atoms with van der Waals surface area (Å²) in [5.74, 6) is -0.869. The van der Waals surface area contributed by atoms with E-state index in [2.05, 4.69) is 45.1 Å². The van der Waals surface area contributed by atoms with Crippen molar-refractivity contribution >= 4 is 17.9 Å². The minimum absolute atomic E-state index is 0.0705. The summed E-state index contributed by atoms with van der Waals surface area (Å²) < 4.78 is 16.8. The van der Waals surface area contributed by atoms with Crippen LogP contribution in [0.1, 0.15) is 316 Å². The van der Waals surface area contributed by atoms with Crippen LogP contribution in [-0.4, -0.2) is 37.2 Å². The first-order valence-corrected chi connectivity index (χ1v) is 28.8. The van der Waals surface area contributed by atoms with E-state index in [1.807, 2.05) is 0 Å². The number of hydrogen-bond acceptors (Lipinski definition) is 6. The first kappa shape index (κ1) is 62.9. The molecule has 0 radical (unpaired) electrons. The molecule has 1 unspecified atom stereocenters. The maximum Gasteiger partial charge on any atom is 0.306 e. The smallest absolute Gasteiger partial charge is 0.306 e. The summed E-state index contributed by atoms with van der Waals surface area (Å²) in [6, 6.07) is 0. The third-order valence-electron chi connectivity index (χ3n) is 12.9. The van der Waals surface area contributed by atoms with Gasteiger partial charge in [0.2, 0.25) is 0 Å². The predicted molar refractivity (Wildman–Crippen MR) is 279 cm³/mol. The van der Waals surface area contributed by atoms with Crippen LogP contribution in [0.25, 0.3) is 0 Å². The van der Waals surface area contributed by atoms with E-state index in [-0.39, 0.29) is 31.1 Å². The molecule has 0 N–H and O–H groups in total. The lowest BCUT2D eigenvalue weighted by Crippen LogP contribution is -2.30. The number of carbonyl (C=O) groups is 3. The Kier molecular flexibility index (Phi) is 52.7. The van der Waals surface area contributed by atoms with Gasteiger partial charge in [-0.3, -0.25) is 14.4 Å². The highest BCUT2D eigenvalue weighted by atomic mass is 16.6. The quantitative estimate of drug-likeness (QED) is 0.0262. The van der Waals surface area contributed by atoms with Crippen LogP contribution in [0.3, 0.4) is 0 Å². The highest BCUT2D eigenvalue weighted by molar-refractivity contribution is 5.71. The summed E-state index contributed by atoms with van der Waals surface area (Å²) in [6.07, 6.45) is 63.4. The normalized spacial score (nSPS) is 12.1. The summed E-state index contributed by atoms with van der Waals surface area (Å²) in [6.45, 7) is 6.61. The molecule has 0 bridgehead atoms. The summed E-state index contributed by atoms with van der Waals surface area (Å²) in [5, 5.41) is 0. The number of allylic oxidation sites excluding steroid dienone is 4. The lowest BCUT2D eigenvalue weighted by molar-refractivity contribution is -0.167. The van der Waals surface area contributed by atoms with Crippen LogP contribution in [0.15, 0.2) is 24.3 Å². The summed E-state index contributed by atoms with van der Waals surface area (Å²) in [5.41, 5.74) is 0. The van der Waals surface area contributed by atoms with Crippen molar-refractivity contribution in [1.29, 1.82) is 0 Å². The van der Waals surface area contributed by atoms with Gasteiger partial charge in [0.1, 0.15) is 13.2 Å². The van der Waals surface area contributed by atoms with E-state index in [1.54, 1.807) is 0 Å². The number of hydrogen-bond donors (Lipinski definition) is 0. The molecule has 0 aromatic rings. The number of rotatable bonds is 53. The third-order valence-corrected chi connectivity index (χ3v) is 12.9. The Morgan fingerprint density at radius 2 is 0.508 bits per heavy atom. The molecular formula is C59H110O6. The van der Waals surface area contributed by atoms with Crippen LogP contribution >= 0.6 is 0 Å². The van der Waals surface area contributed by atoms with Gasteiger partial charge in [0.15, 0.2) is 6.10 Å². The van der Waals surface area contributed by atoms with E-state index in [9.17, 15) is 14.4 Å². The Hall–Kier alpha value is -2.11. The molecular weight excluding hydrogens is 805 g/mol. The zero-order valence-electron chi connectivity index (χ0n) is 43.8. The monoisotopic (exact) mass is 915 g/mol. The second-order valence-corrected chi connectivity index (χ2v) is 19.6. The molecule has 0 amide bonds. The third kappa shape index (κ3) is 52.7. The van der Waals surface area contributed by atoms with Gasteiger partial charge in [-0.25, -0.2) is 0 Å². The van der Waals surface area contributed by atoms with Crippen molar-refractivity contribution in [2.75, 3.05) is 13.2 Å². The second kappa shape index (κ2) is 54.5. The van der Waals surface area contributed by atoms with Crippen LogP contribution in [0.4, 0.5) is 0 Å². The van der Waals surface area contributed by atoms with Crippen LogP contribution < -0.4 is 0 Å². The fourth-order valence-corrected chi connectivity index (χ4v) is 8.55. The Labute approximate surface area is 404 Å². The van der Waals surface area contributed by atoms with Crippen LogP contribution in [0.5, 0.6) is 0 Å². The van der Waals surface area contributed by atoms with E-state index in [1.165, 1.54) is 212 Å². The summed E-state index contributed by atoms with van der Waals surface area (Å²) >= 11 is 0. The summed E-state index contributed by atoms with van der Waals surface area (Å²) in [4.78, 5) is 37.9. The number of unbranched alkanes of at least 4 members (excludes halogenated alkanes) is 38. The number of esters is 3. The molecule has 65 heavy (non-hydrogen) atoms. The van der Waals surface area contributed by atoms with Crippen LogP contribution in [-0.2, 0) is 28.6 Å². The Morgan fingerprint density at radius 1 is 0.292 bits per heavy atom. The lowest BCUT2D eigenvalue weighted by atomic mass is 10.0. The van der Waals surface area contributed by atoms with Crippen LogP contribution in [0, 0.1) is 0 Å². The van der Waals surface area contributed by atoms with Crippen molar-refractivity contribution in [3.8, 4) is 0 Å². The molecule has 0 fully saturated rings. The van der Waals surface area contributed by atoms with E-state index >= 15 is 0 Å². The predicted octanol–water partition coefficient (Wildman–Crippen LogP) is 19.1. The van der Waals surface area contributed by atoms with E-state index in [0.29, 0.717) is 19.3 Å². The number of carbonyl (C=O) groups excluding carboxylic acids is 3. The molecule has 0 aliphatic rings. The van der Waals surface area contributed by atoms with Gasteiger partial charge in [-0.2, -0.15) is 0 Å². The molecule has 0 aliphatic carbocycles. The average molecular weight is 916 g/mol. The van der Waals surface area contributed by atoms with Gasteiger partial charge in [-0.15, -0.1) is 0 Å². The fourth-order valence-electron chi connectivity index (χ4n) is 8.55. The summed E-state index contributed by atoms with van der Waals surface area (Å²) in [7, 11) is 0. The van der Waals surface area contributed by atoms with E-state index in [0.717, 1.165) is 64.2 Å². The first-order chi connectivity index (χ1) is 32.0.